The summed E-state index contributed by atoms with van der Waals surface area (Å²) >= 11 is 1.60. The summed E-state index contributed by atoms with van der Waals surface area (Å²) in [6.45, 7) is 0. The van der Waals surface area contributed by atoms with E-state index in [1.165, 1.54) is 0 Å². The highest BCUT2D eigenvalue weighted by molar-refractivity contribution is 8.04. The fourth-order valence-electron chi connectivity index (χ4n) is 0.751. The third kappa shape index (κ3) is 1.75. The Bertz CT molecular complexity index is 167. The largest absolute Gasteiger partial charge is 0.287 e. The van der Waals surface area contributed by atoms with Crippen molar-refractivity contribution in [1.82, 2.24) is 10.9 Å². The van der Waals surface area contributed by atoms with Gasteiger partial charge < -0.3 is 0 Å². The van der Waals surface area contributed by atoms with Crippen LogP contribution in [-0.4, -0.2) is 18.7 Å². The van der Waals surface area contributed by atoms with Crippen molar-refractivity contribution in [2.75, 3.05) is 12.8 Å². The van der Waals surface area contributed by atoms with E-state index in [2.05, 4.69) is 10.9 Å². The lowest BCUT2D eigenvalue weighted by atomic mass is 10.4. The normalized spacial score (nSPS) is 16.7. The number of amides is 1. The molecule has 0 aromatic heterocycles. The summed E-state index contributed by atoms with van der Waals surface area (Å²) < 4.78 is 0. The number of allylic oxidation sites excluding steroid dienone is 1. The third-order valence-electron chi connectivity index (χ3n) is 1.17. The fourth-order valence-corrected chi connectivity index (χ4v) is 1.62. The van der Waals surface area contributed by atoms with E-state index in [1.807, 2.05) is 6.08 Å². The highest BCUT2D eigenvalue weighted by atomic mass is 32.2. The lowest BCUT2D eigenvalue weighted by molar-refractivity contribution is -0.117. The summed E-state index contributed by atoms with van der Waals surface area (Å²) in [6.07, 6.45) is 2.97. The summed E-state index contributed by atoms with van der Waals surface area (Å²) in [6, 6.07) is 0. The average Bonchev–Trinajstić information content (AvgIpc) is 2.38. The van der Waals surface area contributed by atoms with Gasteiger partial charge in [0.1, 0.15) is 0 Å². The number of nitrogens with one attached hydrogen (secondary N) is 2. The van der Waals surface area contributed by atoms with Crippen LogP contribution in [0.1, 0.15) is 6.42 Å². The first-order valence-corrected chi connectivity index (χ1v) is 4.13. The molecule has 1 rings (SSSR count). The number of carbonyl (C=O) groups excluding carboxylic acids is 1. The van der Waals surface area contributed by atoms with Gasteiger partial charge in [-0.1, -0.05) is 6.08 Å². The molecule has 3 nitrogen and oxygen atoms in total. The fraction of sp³-hybridized carbons (Fsp3) is 0.500. The highest BCUT2D eigenvalue weighted by Gasteiger charge is 2.12. The summed E-state index contributed by atoms with van der Waals surface area (Å²) in [7, 11) is 1.68. The van der Waals surface area contributed by atoms with Gasteiger partial charge in [0.15, 0.2) is 0 Å². The molecule has 0 saturated heterocycles. The Morgan fingerprint density at radius 2 is 2.60 bits per heavy atom. The van der Waals surface area contributed by atoms with Crippen LogP contribution in [-0.2, 0) is 4.79 Å². The van der Waals surface area contributed by atoms with E-state index in [1.54, 1.807) is 18.8 Å². The van der Waals surface area contributed by atoms with Crippen molar-refractivity contribution in [3.05, 3.63) is 11.0 Å². The second-order valence-corrected chi connectivity index (χ2v) is 3.05. The molecule has 1 aliphatic heterocycles. The van der Waals surface area contributed by atoms with Crippen LogP contribution in [0.15, 0.2) is 11.0 Å². The van der Waals surface area contributed by atoms with Crippen molar-refractivity contribution >= 4 is 17.7 Å². The van der Waals surface area contributed by atoms with Crippen molar-refractivity contribution in [2.24, 2.45) is 0 Å². The Morgan fingerprint density at radius 1 is 1.80 bits per heavy atom. The van der Waals surface area contributed by atoms with E-state index < -0.39 is 0 Å². The quantitative estimate of drug-likeness (QED) is 0.566. The first-order valence-electron chi connectivity index (χ1n) is 3.14. The molecule has 1 amide bonds. The van der Waals surface area contributed by atoms with Gasteiger partial charge in [-0.25, -0.2) is 5.43 Å². The molecule has 0 bridgehead atoms. The van der Waals surface area contributed by atoms with E-state index in [9.17, 15) is 4.79 Å². The van der Waals surface area contributed by atoms with Crippen LogP contribution >= 0.6 is 11.8 Å². The van der Waals surface area contributed by atoms with E-state index in [-0.39, 0.29) is 5.91 Å². The number of carbonyl (C=O) groups is 1. The monoisotopic (exact) mass is 158 g/mol. The number of rotatable bonds is 2. The molecule has 1 aliphatic rings. The van der Waals surface area contributed by atoms with Crippen LogP contribution < -0.4 is 10.9 Å². The molecule has 0 atom stereocenters. The molecular weight excluding hydrogens is 148 g/mol. The smallest absolute Gasteiger partial charge is 0.271 e. The third-order valence-corrected chi connectivity index (χ3v) is 2.27. The Hall–Kier alpha value is -0.480. The number of hydrazine groups is 1. The van der Waals surface area contributed by atoms with Crippen molar-refractivity contribution < 1.29 is 4.79 Å². The van der Waals surface area contributed by atoms with E-state index >= 15 is 0 Å². The summed E-state index contributed by atoms with van der Waals surface area (Å²) in [4.78, 5) is 11.8. The second-order valence-electron chi connectivity index (χ2n) is 1.91. The van der Waals surface area contributed by atoms with Crippen LogP contribution in [0.2, 0.25) is 0 Å². The summed E-state index contributed by atoms with van der Waals surface area (Å²) in [5.41, 5.74) is 5.10. The van der Waals surface area contributed by atoms with Gasteiger partial charge in [0, 0.05) is 12.8 Å². The molecule has 0 aromatic carbocycles. The van der Waals surface area contributed by atoms with E-state index in [0.717, 1.165) is 17.1 Å². The average molecular weight is 158 g/mol. The van der Waals surface area contributed by atoms with Crippen LogP contribution in [0.4, 0.5) is 0 Å². The van der Waals surface area contributed by atoms with Crippen LogP contribution in [0.3, 0.4) is 0 Å². The van der Waals surface area contributed by atoms with Gasteiger partial charge in [0.05, 0.1) is 4.91 Å². The zero-order chi connectivity index (χ0) is 7.40. The van der Waals surface area contributed by atoms with Gasteiger partial charge >= 0.3 is 0 Å². The Kier molecular flexibility index (Phi) is 2.77. The number of thioether (sulfide) groups is 1. The Morgan fingerprint density at radius 3 is 3.10 bits per heavy atom. The number of hydrogen-bond donors (Lipinski definition) is 2. The minimum absolute atomic E-state index is 0.0231. The maximum absolute atomic E-state index is 11.0. The van der Waals surface area contributed by atoms with Crippen molar-refractivity contribution in [2.45, 2.75) is 6.42 Å². The predicted octanol–water partition coefficient (Wildman–Crippen LogP) is 0.258. The Labute approximate surface area is 64.2 Å². The second kappa shape index (κ2) is 3.63. The first kappa shape index (κ1) is 7.63. The molecule has 0 aromatic rings. The molecule has 0 fully saturated rings. The SMILES string of the molecule is CNNC(=O)C1=CCCS1. The maximum atomic E-state index is 11.0. The van der Waals surface area contributed by atoms with Gasteiger partial charge in [0.25, 0.3) is 5.91 Å². The van der Waals surface area contributed by atoms with Crippen molar-refractivity contribution in [3.63, 3.8) is 0 Å². The van der Waals surface area contributed by atoms with Gasteiger partial charge in [-0.2, -0.15) is 0 Å². The number of hydrogen-bond acceptors (Lipinski definition) is 3. The van der Waals surface area contributed by atoms with Crippen LogP contribution in [0, 0.1) is 0 Å². The molecule has 4 heteroatoms. The summed E-state index contributed by atoms with van der Waals surface area (Å²) in [5, 5.41) is 0. The highest BCUT2D eigenvalue weighted by Crippen LogP contribution is 2.23. The topological polar surface area (TPSA) is 41.1 Å². The lowest BCUT2D eigenvalue weighted by Gasteiger charge is -2.00. The molecule has 0 unspecified atom stereocenters. The minimum atomic E-state index is -0.0231. The van der Waals surface area contributed by atoms with Crippen LogP contribution in [0.25, 0.3) is 0 Å². The van der Waals surface area contributed by atoms with Crippen molar-refractivity contribution in [1.29, 1.82) is 0 Å². The lowest BCUT2D eigenvalue weighted by Crippen LogP contribution is -2.34. The van der Waals surface area contributed by atoms with Gasteiger partial charge in [-0.3, -0.25) is 10.2 Å². The molecule has 0 radical (unpaired) electrons. The molecule has 56 valence electrons. The first-order chi connectivity index (χ1) is 4.84. The minimum Gasteiger partial charge on any atom is -0.287 e. The molecule has 2 N–H and O–H groups in total. The molecule has 0 aliphatic carbocycles. The molecule has 0 saturated carbocycles. The maximum Gasteiger partial charge on any atom is 0.271 e. The molecule has 0 spiro atoms. The van der Waals surface area contributed by atoms with Gasteiger partial charge in [-0.05, 0) is 6.42 Å². The van der Waals surface area contributed by atoms with E-state index in [0.29, 0.717) is 0 Å². The zero-order valence-electron chi connectivity index (χ0n) is 5.81. The van der Waals surface area contributed by atoms with Gasteiger partial charge in [-0.15, -0.1) is 11.8 Å². The Balaban J connectivity index is 2.40. The predicted molar refractivity (Wildman–Crippen MR) is 42.4 cm³/mol. The van der Waals surface area contributed by atoms with Gasteiger partial charge in [0.2, 0.25) is 0 Å². The van der Waals surface area contributed by atoms with Crippen molar-refractivity contribution in [3.8, 4) is 0 Å². The molecule has 10 heavy (non-hydrogen) atoms. The van der Waals surface area contributed by atoms with E-state index in [4.69, 9.17) is 0 Å². The molecule has 1 heterocycles. The van der Waals surface area contributed by atoms with Crippen LogP contribution in [0.5, 0.6) is 0 Å². The molecular formula is C6H10N2OS. The zero-order valence-corrected chi connectivity index (χ0v) is 6.62. The standard InChI is InChI=1S/C6H10N2OS/c1-7-8-6(9)5-3-2-4-10-5/h3,7H,2,4H2,1H3,(H,8,9). The summed E-state index contributed by atoms with van der Waals surface area (Å²) in [5.74, 6) is 1.01.